The van der Waals surface area contributed by atoms with Gasteiger partial charge in [-0.2, -0.15) is 5.10 Å². The standard InChI is InChI=1S/C18H19N3O2S2/c22-25(23)10-8-15(13-25)18-19-17(11-16-7-4-9-24-16)20-21(18)12-14-5-2-1-3-6-14/h1-7,9,15H,8,10-13H2. The van der Waals surface area contributed by atoms with Crippen LogP contribution in [0.15, 0.2) is 47.8 Å². The summed E-state index contributed by atoms with van der Waals surface area (Å²) in [6.45, 7) is 0.615. The van der Waals surface area contributed by atoms with E-state index in [4.69, 9.17) is 10.1 Å². The maximum absolute atomic E-state index is 11.9. The van der Waals surface area contributed by atoms with E-state index in [1.54, 1.807) is 11.3 Å². The van der Waals surface area contributed by atoms with Gasteiger partial charge < -0.3 is 0 Å². The lowest BCUT2D eigenvalue weighted by molar-refractivity contribution is 0.584. The quantitative estimate of drug-likeness (QED) is 0.690. The molecule has 1 aliphatic rings. The van der Waals surface area contributed by atoms with Crippen LogP contribution in [0.1, 0.15) is 34.4 Å². The molecule has 1 saturated heterocycles. The molecule has 130 valence electrons. The molecular weight excluding hydrogens is 354 g/mol. The van der Waals surface area contributed by atoms with E-state index in [1.807, 2.05) is 34.3 Å². The molecule has 4 rings (SSSR count). The van der Waals surface area contributed by atoms with Crippen molar-refractivity contribution in [3.8, 4) is 0 Å². The molecule has 3 heterocycles. The summed E-state index contributed by atoms with van der Waals surface area (Å²) in [5, 5.41) is 6.73. The third-order valence-electron chi connectivity index (χ3n) is 4.43. The van der Waals surface area contributed by atoms with E-state index in [0.717, 1.165) is 17.2 Å². The van der Waals surface area contributed by atoms with Crippen LogP contribution in [-0.2, 0) is 22.8 Å². The van der Waals surface area contributed by atoms with Gasteiger partial charge in [-0.05, 0) is 23.4 Å². The van der Waals surface area contributed by atoms with Gasteiger partial charge in [0.2, 0.25) is 0 Å². The maximum atomic E-state index is 11.9. The van der Waals surface area contributed by atoms with Gasteiger partial charge in [0.1, 0.15) is 5.82 Å². The Labute approximate surface area is 151 Å². The molecule has 0 aliphatic carbocycles. The van der Waals surface area contributed by atoms with E-state index in [9.17, 15) is 8.42 Å². The number of thiophene rings is 1. The van der Waals surface area contributed by atoms with Crippen molar-refractivity contribution >= 4 is 21.2 Å². The summed E-state index contributed by atoms with van der Waals surface area (Å²) in [7, 11) is -2.95. The number of rotatable bonds is 5. The highest BCUT2D eigenvalue weighted by molar-refractivity contribution is 7.91. The molecule has 1 aromatic carbocycles. The lowest BCUT2D eigenvalue weighted by Crippen LogP contribution is -2.12. The molecule has 1 fully saturated rings. The Kier molecular flexibility index (Phi) is 4.43. The van der Waals surface area contributed by atoms with Gasteiger partial charge in [-0.3, -0.25) is 0 Å². The topological polar surface area (TPSA) is 64.8 Å². The molecule has 25 heavy (non-hydrogen) atoms. The minimum Gasteiger partial charge on any atom is -0.245 e. The van der Waals surface area contributed by atoms with Crippen molar-refractivity contribution in [2.24, 2.45) is 0 Å². The molecule has 0 amide bonds. The molecule has 1 unspecified atom stereocenters. The Morgan fingerprint density at radius 2 is 2.00 bits per heavy atom. The predicted molar refractivity (Wildman–Crippen MR) is 98.7 cm³/mol. The van der Waals surface area contributed by atoms with Crippen LogP contribution in [0.2, 0.25) is 0 Å². The fourth-order valence-electron chi connectivity index (χ4n) is 3.22. The van der Waals surface area contributed by atoms with Gasteiger partial charge in [0.25, 0.3) is 0 Å². The van der Waals surface area contributed by atoms with E-state index >= 15 is 0 Å². The van der Waals surface area contributed by atoms with Crippen LogP contribution in [0, 0.1) is 0 Å². The Morgan fingerprint density at radius 1 is 1.16 bits per heavy atom. The number of hydrogen-bond donors (Lipinski definition) is 0. The van der Waals surface area contributed by atoms with Crippen LogP contribution in [0.5, 0.6) is 0 Å². The summed E-state index contributed by atoms with van der Waals surface area (Å²) in [6, 6.07) is 14.2. The van der Waals surface area contributed by atoms with Gasteiger partial charge in [0.15, 0.2) is 15.7 Å². The summed E-state index contributed by atoms with van der Waals surface area (Å²) >= 11 is 1.68. The Morgan fingerprint density at radius 3 is 2.68 bits per heavy atom. The number of sulfone groups is 1. The monoisotopic (exact) mass is 373 g/mol. The van der Waals surface area contributed by atoms with Crippen LogP contribution >= 0.6 is 11.3 Å². The summed E-state index contributed by atoms with van der Waals surface area (Å²) in [6.07, 6.45) is 1.32. The molecule has 0 bridgehead atoms. The second-order valence-electron chi connectivity index (χ2n) is 6.39. The SMILES string of the molecule is O=S1(=O)CCC(c2nc(Cc3cccs3)nn2Cc2ccccc2)C1. The van der Waals surface area contributed by atoms with Crippen LogP contribution < -0.4 is 0 Å². The molecule has 0 N–H and O–H groups in total. The summed E-state index contributed by atoms with van der Waals surface area (Å²) in [4.78, 5) is 5.93. The molecule has 1 atom stereocenters. The van der Waals surface area contributed by atoms with E-state index in [1.165, 1.54) is 4.88 Å². The Bertz CT molecular complexity index is 948. The zero-order valence-corrected chi connectivity index (χ0v) is 15.3. The second-order valence-corrected chi connectivity index (χ2v) is 9.65. The van der Waals surface area contributed by atoms with Crippen LogP contribution in [0.25, 0.3) is 0 Å². The van der Waals surface area contributed by atoms with Crippen molar-refractivity contribution in [2.75, 3.05) is 11.5 Å². The average molecular weight is 374 g/mol. The summed E-state index contributed by atoms with van der Waals surface area (Å²) < 4.78 is 25.7. The third-order valence-corrected chi connectivity index (χ3v) is 7.07. The molecule has 7 heteroatoms. The van der Waals surface area contributed by atoms with Gasteiger partial charge in [-0.1, -0.05) is 36.4 Å². The molecule has 0 saturated carbocycles. The predicted octanol–water partition coefficient (Wildman–Crippen LogP) is 2.88. The molecular formula is C18H19N3O2S2. The average Bonchev–Trinajstić information content (AvgIpc) is 3.30. The normalized spacial score (nSPS) is 19.3. The van der Waals surface area contributed by atoms with E-state index in [2.05, 4.69) is 18.2 Å². The number of aromatic nitrogens is 3. The van der Waals surface area contributed by atoms with Crippen molar-refractivity contribution in [1.82, 2.24) is 14.8 Å². The maximum Gasteiger partial charge on any atom is 0.156 e. The van der Waals surface area contributed by atoms with Gasteiger partial charge >= 0.3 is 0 Å². The van der Waals surface area contributed by atoms with Gasteiger partial charge in [0, 0.05) is 17.2 Å². The van der Waals surface area contributed by atoms with Crippen LogP contribution in [-0.4, -0.2) is 34.7 Å². The fourth-order valence-corrected chi connectivity index (χ4v) is 5.66. The number of benzene rings is 1. The molecule has 3 aromatic rings. The van der Waals surface area contributed by atoms with Crippen LogP contribution in [0.4, 0.5) is 0 Å². The highest BCUT2D eigenvalue weighted by Crippen LogP contribution is 2.28. The Balaban J connectivity index is 1.66. The van der Waals surface area contributed by atoms with E-state index in [-0.39, 0.29) is 17.4 Å². The summed E-state index contributed by atoms with van der Waals surface area (Å²) in [5.41, 5.74) is 1.14. The van der Waals surface area contributed by atoms with Crippen molar-refractivity contribution < 1.29 is 8.42 Å². The highest BCUT2D eigenvalue weighted by atomic mass is 32.2. The number of hydrogen-bond acceptors (Lipinski definition) is 5. The minimum atomic E-state index is -2.95. The lowest BCUT2D eigenvalue weighted by Gasteiger charge is -2.10. The fraction of sp³-hybridized carbons (Fsp3) is 0.333. The first-order valence-corrected chi connectivity index (χ1v) is 11.0. The van der Waals surface area contributed by atoms with E-state index in [0.29, 0.717) is 19.4 Å². The first kappa shape index (κ1) is 16.5. The highest BCUT2D eigenvalue weighted by Gasteiger charge is 2.32. The smallest absolute Gasteiger partial charge is 0.156 e. The first-order chi connectivity index (χ1) is 12.1. The lowest BCUT2D eigenvalue weighted by atomic mass is 10.1. The molecule has 5 nitrogen and oxygen atoms in total. The second kappa shape index (κ2) is 6.72. The first-order valence-electron chi connectivity index (χ1n) is 8.29. The zero-order chi connectivity index (χ0) is 17.3. The summed E-state index contributed by atoms with van der Waals surface area (Å²) in [5.74, 6) is 1.93. The third kappa shape index (κ3) is 3.82. The largest absolute Gasteiger partial charge is 0.245 e. The van der Waals surface area contributed by atoms with Gasteiger partial charge in [-0.25, -0.2) is 18.1 Å². The van der Waals surface area contributed by atoms with Crippen LogP contribution in [0.3, 0.4) is 0 Å². The molecule has 0 spiro atoms. The van der Waals surface area contributed by atoms with Crippen molar-refractivity contribution in [3.63, 3.8) is 0 Å². The van der Waals surface area contributed by atoms with E-state index < -0.39 is 9.84 Å². The molecule has 0 radical (unpaired) electrons. The minimum absolute atomic E-state index is 0.0571. The zero-order valence-electron chi connectivity index (χ0n) is 13.7. The number of nitrogens with zero attached hydrogens (tertiary/aromatic N) is 3. The van der Waals surface area contributed by atoms with Gasteiger partial charge in [-0.15, -0.1) is 11.3 Å². The Hall–Kier alpha value is -1.99. The van der Waals surface area contributed by atoms with Crippen molar-refractivity contribution in [1.29, 1.82) is 0 Å². The van der Waals surface area contributed by atoms with Crippen molar-refractivity contribution in [3.05, 3.63) is 69.9 Å². The molecule has 1 aliphatic heterocycles. The van der Waals surface area contributed by atoms with Crippen molar-refractivity contribution in [2.45, 2.75) is 25.3 Å². The molecule has 2 aromatic heterocycles. The van der Waals surface area contributed by atoms with Gasteiger partial charge in [0.05, 0.1) is 18.1 Å².